The second-order valence-corrected chi connectivity index (χ2v) is 23.9. The largest absolute Gasteiger partial charge is 4.00 e. The topological polar surface area (TPSA) is 194 Å². The van der Waals surface area contributed by atoms with E-state index in [0.717, 1.165) is 144 Å². The molecule has 0 aliphatic carbocycles. The summed E-state index contributed by atoms with van der Waals surface area (Å²) in [4.78, 5) is 0. The zero-order chi connectivity index (χ0) is 66.5. The van der Waals surface area contributed by atoms with Gasteiger partial charge in [0, 0.05) is 79.3 Å². The van der Waals surface area contributed by atoms with E-state index < -0.39 is 0 Å². The molecule has 0 radical (unpaired) electrons. The van der Waals surface area contributed by atoms with Gasteiger partial charge in [-0.2, -0.15) is 0 Å². The molecule has 101 heavy (non-hydrogen) atoms. The molecular weight excluding hydrogens is 1500 g/mol. The van der Waals surface area contributed by atoms with Gasteiger partial charge < -0.3 is 71.5 Å². The second kappa shape index (κ2) is 46.6. The monoisotopic (exact) mass is 1580 g/mol. The van der Waals surface area contributed by atoms with Crippen LogP contribution in [0.5, 0.6) is 34.5 Å². The minimum atomic E-state index is -0.118. The smallest absolute Gasteiger partial charge is 1.00 e. The van der Waals surface area contributed by atoms with Crippen LogP contribution in [-0.2, 0) is 28.4 Å². The average Bonchev–Trinajstić information content (AvgIpc) is 1.18. The molecule has 0 atom stereocenters. The predicted octanol–water partition coefficient (Wildman–Crippen LogP) is 4.22. The van der Waals surface area contributed by atoms with Crippen LogP contribution in [0, 0.1) is 31.1 Å². The Kier molecular flexibility index (Phi) is 39.4. The van der Waals surface area contributed by atoms with Crippen molar-refractivity contribution in [1.82, 2.24) is 0 Å². The Bertz CT molecular complexity index is 3640. The molecule has 12 aromatic carbocycles. The van der Waals surface area contributed by atoms with Gasteiger partial charge in [-0.05, 0) is 175 Å². The maximum absolute atomic E-state index is 12.5. The summed E-state index contributed by atoms with van der Waals surface area (Å²) in [5.74, 6) is -0.710. The maximum Gasteiger partial charge on any atom is 4.00 e. The molecule has 0 aromatic heterocycles. The standard InChI is InChI=1S/3C20H14O2.6C4H8O.ClH.3Li.U/c3*21-17-11-9-13-5-1-3-7-15(13)19(17)20-16-8-4-2-6-14(16)10-12-18(20)22;6*1-2-4-5-3-1;;;;;/h3*1-12,21-22H;6*1-4H2;1H;;;;/q;;;;;;;;;;3*+1;+4/p-7. The summed E-state index contributed by atoms with van der Waals surface area (Å²) >= 11 is 0. The van der Waals surface area contributed by atoms with Crippen molar-refractivity contribution >= 4 is 64.6 Å². The molecule has 18 rings (SSSR count). The Morgan fingerprint density at radius 3 is 0.406 bits per heavy atom. The van der Waals surface area contributed by atoms with Gasteiger partial charge in [0.05, 0.1) is 0 Å². The number of hydrogen-bond donors (Lipinski definition) is 0. The van der Waals surface area contributed by atoms with E-state index in [1.807, 2.05) is 146 Å². The first-order chi connectivity index (χ1) is 47.3. The third-order valence-electron chi connectivity index (χ3n) is 17.1. The maximum atomic E-state index is 12.5. The van der Waals surface area contributed by atoms with Crippen LogP contribution < -0.4 is 99.6 Å². The first-order valence-corrected chi connectivity index (χ1v) is 33.9. The van der Waals surface area contributed by atoms with Gasteiger partial charge in [-0.3, -0.25) is 0 Å². The Labute approximate surface area is 660 Å². The normalized spacial score (nSPS) is 14.4. The summed E-state index contributed by atoms with van der Waals surface area (Å²) < 4.78 is 29.7. The number of halogens is 1. The third kappa shape index (κ3) is 24.5. The molecule has 17 heteroatoms. The molecule has 6 aliphatic heterocycles. The molecule has 12 aromatic rings. The molecule has 6 heterocycles. The Hall–Kier alpha value is -6.11. The van der Waals surface area contributed by atoms with Gasteiger partial charge in [-0.1, -0.05) is 218 Å². The number of ether oxygens (including phenoxy) is 6. The first kappa shape index (κ1) is 85.5. The van der Waals surface area contributed by atoms with Crippen LogP contribution in [0.3, 0.4) is 0 Å². The average molecular weight is 1580 g/mol. The van der Waals surface area contributed by atoms with Crippen molar-refractivity contribution in [3.8, 4) is 67.9 Å². The molecule has 0 bridgehead atoms. The summed E-state index contributed by atoms with van der Waals surface area (Å²) in [6, 6.07) is 66.1. The summed E-state index contributed by atoms with van der Waals surface area (Å²) in [6.07, 6.45) is 15.3. The summed E-state index contributed by atoms with van der Waals surface area (Å²) in [6.45, 7) is 12.0. The zero-order valence-electron chi connectivity index (χ0n) is 58.5. The molecule has 12 nitrogen and oxygen atoms in total. The third-order valence-corrected chi connectivity index (χ3v) is 17.1. The van der Waals surface area contributed by atoms with Crippen molar-refractivity contribution in [2.45, 2.75) is 77.0 Å². The Morgan fingerprint density at radius 2 is 0.297 bits per heavy atom. The van der Waals surface area contributed by atoms with Gasteiger partial charge in [0.15, 0.2) is 0 Å². The molecule has 0 amide bonds. The van der Waals surface area contributed by atoms with E-state index in [9.17, 15) is 30.6 Å². The van der Waals surface area contributed by atoms with E-state index in [2.05, 4.69) is 0 Å². The van der Waals surface area contributed by atoms with Crippen LogP contribution in [0.1, 0.15) is 77.0 Å². The van der Waals surface area contributed by atoms with E-state index >= 15 is 0 Å². The quantitative estimate of drug-likeness (QED) is 0.229. The van der Waals surface area contributed by atoms with Crippen LogP contribution in [0.4, 0.5) is 0 Å². The summed E-state index contributed by atoms with van der Waals surface area (Å²) in [5, 5.41) is 85.7. The van der Waals surface area contributed by atoms with Gasteiger partial charge in [0.2, 0.25) is 0 Å². The molecule has 0 spiro atoms. The number of benzene rings is 12. The van der Waals surface area contributed by atoms with E-state index in [1.54, 1.807) is 72.8 Å². The van der Waals surface area contributed by atoms with Crippen molar-refractivity contribution in [2.75, 3.05) is 79.3 Å². The van der Waals surface area contributed by atoms with Gasteiger partial charge >= 0.3 is 87.7 Å². The van der Waals surface area contributed by atoms with Crippen molar-refractivity contribution in [1.29, 1.82) is 0 Å². The zero-order valence-corrected chi connectivity index (χ0v) is 63.5. The van der Waals surface area contributed by atoms with Crippen LogP contribution in [0.25, 0.3) is 98.0 Å². The molecule has 6 aliphatic rings. The van der Waals surface area contributed by atoms with Crippen LogP contribution in [0.15, 0.2) is 218 Å². The van der Waals surface area contributed by atoms with Gasteiger partial charge in [-0.25, -0.2) is 0 Å². The second-order valence-electron chi connectivity index (χ2n) is 23.9. The van der Waals surface area contributed by atoms with E-state index in [0.29, 0.717) is 33.4 Å². The number of hydrogen-bond acceptors (Lipinski definition) is 12. The molecule has 6 saturated heterocycles. The fourth-order valence-electron chi connectivity index (χ4n) is 12.1. The van der Waals surface area contributed by atoms with E-state index in [1.165, 1.54) is 77.0 Å². The van der Waals surface area contributed by atoms with E-state index in [-0.39, 0.29) is 135 Å². The van der Waals surface area contributed by atoms with Gasteiger partial charge in [0.25, 0.3) is 0 Å². The van der Waals surface area contributed by atoms with Crippen molar-refractivity contribution < 1.29 is 159 Å². The number of fused-ring (bicyclic) bond motifs is 6. The minimum Gasteiger partial charge on any atom is -1.00 e. The van der Waals surface area contributed by atoms with Crippen LogP contribution in [-0.4, -0.2) is 79.3 Å². The van der Waals surface area contributed by atoms with Gasteiger partial charge in [-0.15, -0.1) is 34.5 Å². The number of rotatable bonds is 3. The predicted molar refractivity (Wildman–Crippen MR) is 378 cm³/mol. The van der Waals surface area contributed by atoms with E-state index in [4.69, 9.17) is 28.4 Å². The molecule has 0 N–H and O–H groups in total. The Balaban J connectivity index is 0.000000221. The van der Waals surface area contributed by atoms with Crippen molar-refractivity contribution in [3.05, 3.63) is 218 Å². The SMILES string of the molecule is C1CCOC1.C1CCOC1.C1CCOC1.C1CCOC1.C1CCOC1.C1CCOC1.[Cl-].[Li+].[Li+].[Li+].[O-]c1ccc2ccccc2c1-c1c([O-])ccc2ccccc12.[O-]c1ccc2ccccc2c1-c1c([O-])ccc2ccccc12.[O-]c1ccc2ccccc2c1-c1c([O-])ccc2ccccc12.[U+4]. The van der Waals surface area contributed by atoms with Crippen LogP contribution >= 0.6 is 0 Å². The molecule has 0 unspecified atom stereocenters. The fourth-order valence-corrected chi connectivity index (χ4v) is 12.1. The fraction of sp³-hybridized carbons (Fsp3) is 0.286. The molecule has 506 valence electrons. The van der Waals surface area contributed by atoms with Crippen LogP contribution in [0.2, 0.25) is 0 Å². The molecular formula is C84H84ClLi3O12U. The summed E-state index contributed by atoms with van der Waals surface area (Å²) in [5.41, 5.74) is 3.00. The first-order valence-electron chi connectivity index (χ1n) is 33.9. The molecule has 6 fully saturated rings. The Morgan fingerprint density at radius 1 is 0.178 bits per heavy atom. The minimum absolute atomic E-state index is 0. The van der Waals surface area contributed by atoms with Crippen molar-refractivity contribution in [3.63, 3.8) is 0 Å². The van der Waals surface area contributed by atoms with Crippen molar-refractivity contribution in [2.24, 2.45) is 0 Å². The molecule has 0 saturated carbocycles. The van der Waals surface area contributed by atoms with Gasteiger partial charge in [0.1, 0.15) is 0 Å². The summed E-state index contributed by atoms with van der Waals surface area (Å²) in [7, 11) is 0.